The number of nitrogens with one attached hydrogen (secondary N) is 1. The van der Waals surface area contributed by atoms with E-state index >= 15 is 0 Å². The second-order valence-electron chi connectivity index (χ2n) is 12.7. The second kappa shape index (κ2) is 12.9. The first-order valence-corrected chi connectivity index (χ1v) is 16.1. The van der Waals surface area contributed by atoms with Crippen molar-refractivity contribution in [2.45, 2.75) is 94.2 Å². The lowest BCUT2D eigenvalue weighted by Gasteiger charge is -2.39. The summed E-state index contributed by atoms with van der Waals surface area (Å²) in [5, 5.41) is 12.6. The van der Waals surface area contributed by atoms with Crippen LogP contribution in [0, 0.1) is 11.8 Å². The van der Waals surface area contributed by atoms with Crippen molar-refractivity contribution in [1.82, 2.24) is 15.1 Å². The van der Waals surface area contributed by atoms with Gasteiger partial charge in [0.1, 0.15) is 23.7 Å². The third kappa shape index (κ3) is 5.47. The average Bonchev–Trinajstić information content (AvgIpc) is 3.41. The summed E-state index contributed by atoms with van der Waals surface area (Å²) < 4.78 is 13.0. The van der Waals surface area contributed by atoms with Crippen LogP contribution in [0.3, 0.4) is 0 Å². The van der Waals surface area contributed by atoms with Gasteiger partial charge in [-0.1, -0.05) is 73.9 Å². The van der Waals surface area contributed by atoms with Crippen molar-refractivity contribution >= 4 is 23.7 Å². The first-order chi connectivity index (χ1) is 21.4. The van der Waals surface area contributed by atoms with Crippen LogP contribution in [-0.2, 0) is 28.7 Å². The van der Waals surface area contributed by atoms with E-state index in [1.165, 1.54) is 4.90 Å². The van der Waals surface area contributed by atoms with Gasteiger partial charge in [-0.3, -0.25) is 19.2 Å². The van der Waals surface area contributed by atoms with Crippen molar-refractivity contribution < 1.29 is 33.8 Å². The Bertz CT molecular complexity index is 1310. The molecule has 2 N–H and O–H groups in total. The lowest BCUT2D eigenvalue weighted by atomic mass is 9.77. The molecule has 44 heavy (non-hydrogen) atoms. The fourth-order valence-corrected chi connectivity index (χ4v) is 7.92. The van der Waals surface area contributed by atoms with Crippen LogP contribution in [-0.4, -0.2) is 88.1 Å². The Balaban J connectivity index is 1.41. The third-order valence-electron chi connectivity index (χ3n) is 9.95. The molecule has 6 rings (SSSR count). The summed E-state index contributed by atoms with van der Waals surface area (Å²) in [5.74, 6) is -3.27. The van der Waals surface area contributed by atoms with Crippen molar-refractivity contribution in [2.24, 2.45) is 11.8 Å². The molecule has 4 heterocycles. The molecule has 1 spiro atoms. The Morgan fingerprint density at radius 3 is 2.55 bits per heavy atom. The number of allylic oxidation sites excluding steroid dienone is 1. The van der Waals surface area contributed by atoms with Gasteiger partial charge < -0.3 is 29.7 Å². The van der Waals surface area contributed by atoms with Crippen LogP contribution in [0.25, 0.3) is 0 Å². The molecule has 1 aromatic carbocycles. The minimum atomic E-state index is -1.37. The van der Waals surface area contributed by atoms with Gasteiger partial charge in [0.2, 0.25) is 17.7 Å². The summed E-state index contributed by atoms with van der Waals surface area (Å²) in [7, 11) is 0. The van der Waals surface area contributed by atoms with Crippen LogP contribution in [0.15, 0.2) is 54.6 Å². The molecule has 10 heteroatoms. The van der Waals surface area contributed by atoms with Crippen molar-refractivity contribution in [1.29, 1.82) is 0 Å². The number of benzene rings is 1. The van der Waals surface area contributed by atoms with E-state index in [1.807, 2.05) is 53.5 Å². The number of carbonyl (C=O) groups excluding carboxylic acids is 4. The molecule has 10 nitrogen and oxygen atoms in total. The number of esters is 1. The van der Waals surface area contributed by atoms with Gasteiger partial charge in [-0.2, -0.15) is 0 Å². The number of ether oxygens (including phenoxy) is 2. The van der Waals surface area contributed by atoms with Gasteiger partial charge >= 0.3 is 5.97 Å². The largest absolute Gasteiger partial charge is 0.455 e. The number of hydrogen-bond acceptors (Lipinski definition) is 7. The van der Waals surface area contributed by atoms with Gasteiger partial charge in [0, 0.05) is 32.2 Å². The van der Waals surface area contributed by atoms with E-state index in [9.17, 15) is 24.3 Å². The Labute approximate surface area is 258 Å². The Hall–Kier alpha value is -3.50. The van der Waals surface area contributed by atoms with E-state index < -0.39 is 47.7 Å². The van der Waals surface area contributed by atoms with Gasteiger partial charge in [0.25, 0.3) is 0 Å². The summed E-state index contributed by atoms with van der Waals surface area (Å²) in [6.45, 7) is 2.26. The number of aliphatic hydroxyl groups excluding tert-OH is 1. The number of hydrogen-bond donors (Lipinski definition) is 2. The van der Waals surface area contributed by atoms with Gasteiger partial charge in [-0.25, -0.2) is 0 Å². The van der Waals surface area contributed by atoms with Gasteiger partial charge in [0.15, 0.2) is 0 Å². The molecule has 5 aliphatic rings. The monoisotopic (exact) mass is 605 g/mol. The zero-order valence-corrected chi connectivity index (χ0v) is 25.3. The smallest absolute Gasteiger partial charge is 0.313 e. The minimum absolute atomic E-state index is 0.0857. The normalized spacial score (nSPS) is 35.5. The van der Waals surface area contributed by atoms with E-state index in [0.29, 0.717) is 19.4 Å². The van der Waals surface area contributed by atoms with Crippen LogP contribution < -0.4 is 5.32 Å². The number of cyclic esters (lactones) is 1. The molecule has 3 amide bonds. The second-order valence-corrected chi connectivity index (χ2v) is 12.7. The molecule has 2 saturated heterocycles. The number of fused-ring (bicyclic) bond motifs is 2. The van der Waals surface area contributed by atoms with Gasteiger partial charge in [0.05, 0.1) is 18.1 Å². The molecular weight excluding hydrogens is 562 g/mol. The highest BCUT2D eigenvalue weighted by atomic mass is 16.6. The first-order valence-electron chi connectivity index (χ1n) is 16.1. The summed E-state index contributed by atoms with van der Waals surface area (Å²) in [6.07, 6.45) is 11.8. The maximum Gasteiger partial charge on any atom is 0.313 e. The molecule has 1 saturated carbocycles. The average molecular weight is 606 g/mol. The predicted molar refractivity (Wildman–Crippen MR) is 161 cm³/mol. The lowest BCUT2D eigenvalue weighted by molar-refractivity contribution is -0.161. The molecule has 4 aliphatic heterocycles. The van der Waals surface area contributed by atoms with Crippen LogP contribution in [0.2, 0.25) is 0 Å². The van der Waals surface area contributed by atoms with Crippen molar-refractivity contribution in [2.75, 3.05) is 19.7 Å². The van der Waals surface area contributed by atoms with E-state index in [-0.39, 0.29) is 43.3 Å². The number of carbonyl (C=O) groups is 4. The zero-order chi connectivity index (χ0) is 30.8. The van der Waals surface area contributed by atoms with Crippen LogP contribution in [0.1, 0.15) is 70.0 Å². The van der Waals surface area contributed by atoms with Crippen LogP contribution in [0.4, 0.5) is 0 Å². The number of likely N-dealkylation sites (tertiary alicyclic amines) is 1. The van der Waals surface area contributed by atoms with E-state index in [0.717, 1.165) is 37.7 Å². The summed E-state index contributed by atoms with van der Waals surface area (Å²) in [4.78, 5) is 59.3. The minimum Gasteiger partial charge on any atom is -0.455 e. The van der Waals surface area contributed by atoms with E-state index in [1.54, 1.807) is 13.0 Å². The molecule has 1 aromatic rings. The van der Waals surface area contributed by atoms with Crippen LogP contribution in [0.5, 0.6) is 0 Å². The molecule has 0 bridgehead atoms. The predicted octanol–water partition coefficient (Wildman–Crippen LogP) is 2.82. The molecule has 0 unspecified atom stereocenters. The molecule has 7 atom stereocenters. The SMILES string of the molecule is C[C@@H]1NC(=O)CC/C=C\[C@@H]2O[C@@]34C=CCN(C5CCCCC5)C(=O)[C@@H]3N(CCCO)C(=O)[C@H]4[C@@H]2C(=O)O[C@H]1c1ccccc1. The summed E-state index contributed by atoms with van der Waals surface area (Å²) in [5.41, 5.74) is -0.646. The van der Waals surface area contributed by atoms with Crippen molar-refractivity contribution in [3.63, 3.8) is 0 Å². The Morgan fingerprint density at radius 2 is 1.80 bits per heavy atom. The number of nitrogens with zero attached hydrogens (tertiary/aromatic N) is 2. The third-order valence-corrected chi connectivity index (χ3v) is 9.95. The number of rotatable bonds is 5. The molecular formula is C34H43N3O7. The molecule has 3 fully saturated rings. The van der Waals surface area contributed by atoms with Crippen LogP contribution >= 0.6 is 0 Å². The fraction of sp³-hybridized carbons (Fsp3) is 0.588. The molecule has 0 radical (unpaired) electrons. The van der Waals surface area contributed by atoms with E-state index in [4.69, 9.17) is 9.47 Å². The topological polar surface area (TPSA) is 125 Å². The Kier molecular flexibility index (Phi) is 8.91. The molecule has 1 aliphatic carbocycles. The highest BCUT2D eigenvalue weighted by Crippen LogP contribution is 2.53. The zero-order valence-electron chi connectivity index (χ0n) is 25.3. The highest BCUT2D eigenvalue weighted by Gasteiger charge is 2.72. The van der Waals surface area contributed by atoms with E-state index in [2.05, 4.69) is 5.32 Å². The lowest BCUT2D eigenvalue weighted by Crippen LogP contribution is -2.57. The summed E-state index contributed by atoms with van der Waals surface area (Å²) >= 11 is 0. The molecule has 236 valence electrons. The van der Waals surface area contributed by atoms with Gasteiger partial charge in [-0.05, 0) is 38.2 Å². The molecule has 0 aromatic heterocycles. The Morgan fingerprint density at radius 1 is 1.02 bits per heavy atom. The maximum absolute atomic E-state index is 14.5. The number of amides is 3. The van der Waals surface area contributed by atoms with Crippen molar-refractivity contribution in [3.8, 4) is 0 Å². The van der Waals surface area contributed by atoms with Gasteiger partial charge in [-0.15, -0.1) is 0 Å². The number of aliphatic hydroxyl groups is 1. The quantitative estimate of drug-likeness (QED) is 0.391. The standard InChI is InChI=1S/C34H43N3O7/c1-22-29(23-12-4-2-5-13-23)43-33(42)27-25(16-8-9-17-26(39)35-22)44-34-18-10-19-36(24-14-6-3-7-15-24)32(41)30(34)37(20-11-21-38)31(40)28(27)34/h2,4-5,8,10,12-13,16,18,22,24-25,27-30,38H,3,6-7,9,11,14-15,17,19-21H2,1H3,(H,35,39)/b16-8-/t22-,25-,27+,28+,29+,30-,34+/m0/s1. The van der Waals surface area contributed by atoms with Crippen molar-refractivity contribution in [3.05, 3.63) is 60.2 Å². The fourth-order valence-electron chi connectivity index (χ4n) is 7.92. The summed E-state index contributed by atoms with van der Waals surface area (Å²) in [6, 6.07) is 7.85. The first kappa shape index (κ1) is 30.5. The highest BCUT2D eigenvalue weighted by molar-refractivity contribution is 5.99. The maximum atomic E-state index is 14.5.